The van der Waals surface area contributed by atoms with Crippen LogP contribution < -0.4 is 0 Å². The van der Waals surface area contributed by atoms with E-state index in [0.717, 1.165) is 22.3 Å². The molecule has 0 aliphatic carbocycles. The van der Waals surface area contributed by atoms with Crippen LogP contribution in [-0.4, -0.2) is 19.6 Å². The van der Waals surface area contributed by atoms with Gasteiger partial charge in [-0.1, -0.05) is 12.1 Å². The van der Waals surface area contributed by atoms with Crippen molar-refractivity contribution in [3.8, 4) is 0 Å². The highest BCUT2D eigenvalue weighted by atomic mass is 16.3. The molecular weight excluding hydrogens is 252 g/mol. The fraction of sp³-hybridized carbons (Fsp3) is 0. The van der Waals surface area contributed by atoms with Crippen molar-refractivity contribution in [2.45, 2.75) is 0 Å². The summed E-state index contributed by atoms with van der Waals surface area (Å²) in [5.41, 5.74) is 1.71. The zero-order valence-corrected chi connectivity index (χ0v) is 10.5. The summed E-state index contributed by atoms with van der Waals surface area (Å²) in [6, 6.07) is 11.6. The highest BCUT2D eigenvalue weighted by Gasteiger charge is 2.05. The van der Waals surface area contributed by atoms with E-state index in [9.17, 15) is 0 Å². The summed E-state index contributed by atoms with van der Waals surface area (Å²) in [5.74, 6) is 1.39. The van der Waals surface area contributed by atoms with Gasteiger partial charge in [-0.2, -0.15) is 0 Å². The monoisotopic (exact) mass is 262 g/mol. The molecule has 0 saturated heterocycles. The number of nitrogens with zero attached hydrogens (tertiary/aromatic N) is 4. The lowest BCUT2D eigenvalue weighted by Gasteiger charge is -1.96. The molecule has 4 aromatic rings. The maximum absolute atomic E-state index is 5.24. The first kappa shape index (κ1) is 10.9. The van der Waals surface area contributed by atoms with Crippen LogP contribution in [-0.2, 0) is 0 Å². The fourth-order valence-electron chi connectivity index (χ4n) is 2.11. The standard InChI is InChI=1S/C15H10N4O/c1-2-6-13-12(5-1)15-17-14(18-19(15)10-16-13)8-7-11-4-3-9-20-11/h1-10H/b8-7+. The van der Waals surface area contributed by atoms with Crippen molar-refractivity contribution in [1.29, 1.82) is 0 Å². The van der Waals surface area contributed by atoms with Gasteiger partial charge in [0.2, 0.25) is 0 Å². The minimum absolute atomic E-state index is 0.625. The van der Waals surface area contributed by atoms with Crippen LogP contribution in [0.4, 0.5) is 0 Å². The second-order valence-electron chi connectivity index (χ2n) is 4.35. The lowest BCUT2D eigenvalue weighted by atomic mass is 10.2. The molecule has 5 heteroatoms. The average Bonchev–Trinajstić information content (AvgIpc) is 3.14. The number of aromatic nitrogens is 4. The molecule has 0 bridgehead atoms. The van der Waals surface area contributed by atoms with Gasteiger partial charge in [-0.15, -0.1) is 5.10 Å². The van der Waals surface area contributed by atoms with E-state index < -0.39 is 0 Å². The molecule has 0 atom stereocenters. The number of hydrogen-bond donors (Lipinski definition) is 0. The van der Waals surface area contributed by atoms with Gasteiger partial charge in [-0.3, -0.25) is 0 Å². The molecule has 0 aliphatic heterocycles. The van der Waals surface area contributed by atoms with Gasteiger partial charge < -0.3 is 4.42 Å². The first-order valence-electron chi connectivity index (χ1n) is 6.22. The van der Waals surface area contributed by atoms with E-state index in [1.165, 1.54) is 0 Å². The molecule has 0 N–H and O–H groups in total. The Hall–Kier alpha value is -2.95. The topological polar surface area (TPSA) is 56.2 Å². The van der Waals surface area contributed by atoms with Crippen molar-refractivity contribution < 1.29 is 4.42 Å². The van der Waals surface area contributed by atoms with Crippen molar-refractivity contribution in [2.24, 2.45) is 0 Å². The van der Waals surface area contributed by atoms with Gasteiger partial charge >= 0.3 is 0 Å². The lowest BCUT2D eigenvalue weighted by Crippen LogP contribution is -1.90. The molecule has 4 rings (SSSR count). The molecule has 0 amide bonds. The summed E-state index contributed by atoms with van der Waals surface area (Å²) < 4.78 is 6.92. The number of rotatable bonds is 2. The maximum atomic E-state index is 5.24. The molecule has 0 fully saturated rings. The average molecular weight is 262 g/mol. The quantitative estimate of drug-likeness (QED) is 0.557. The Balaban J connectivity index is 1.84. The first-order valence-corrected chi connectivity index (χ1v) is 6.22. The third-order valence-electron chi connectivity index (χ3n) is 3.04. The van der Waals surface area contributed by atoms with Gasteiger partial charge in [0.1, 0.15) is 12.1 Å². The zero-order chi connectivity index (χ0) is 13.4. The Morgan fingerprint density at radius 2 is 2.00 bits per heavy atom. The van der Waals surface area contributed by atoms with Crippen LogP contribution in [0.3, 0.4) is 0 Å². The molecule has 0 aliphatic rings. The summed E-state index contributed by atoms with van der Waals surface area (Å²) in [7, 11) is 0. The largest absolute Gasteiger partial charge is 0.465 e. The second-order valence-corrected chi connectivity index (χ2v) is 4.35. The third kappa shape index (κ3) is 1.76. The molecule has 5 nitrogen and oxygen atoms in total. The van der Waals surface area contributed by atoms with Crippen LogP contribution in [0.1, 0.15) is 11.6 Å². The predicted molar refractivity (Wildman–Crippen MR) is 75.9 cm³/mol. The van der Waals surface area contributed by atoms with Crippen molar-refractivity contribution in [2.75, 3.05) is 0 Å². The third-order valence-corrected chi connectivity index (χ3v) is 3.04. The van der Waals surface area contributed by atoms with Crippen LogP contribution in [0.2, 0.25) is 0 Å². The van der Waals surface area contributed by atoms with Gasteiger partial charge in [0.15, 0.2) is 11.5 Å². The molecule has 0 spiro atoms. The molecule has 3 aromatic heterocycles. The van der Waals surface area contributed by atoms with Crippen molar-refractivity contribution in [1.82, 2.24) is 19.6 Å². The summed E-state index contributed by atoms with van der Waals surface area (Å²) in [5, 5.41) is 5.36. The van der Waals surface area contributed by atoms with Crippen molar-refractivity contribution >= 4 is 28.7 Å². The van der Waals surface area contributed by atoms with Crippen molar-refractivity contribution in [3.05, 3.63) is 60.6 Å². The maximum Gasteiger partial charge on any atom is 0.175 e. The Morgan fingerprint density at radius 3 is 2.90 bits per heavy atom. The van der Waals surface area contributed by atoms with E-state index in [0.29, 0.717) is 5.82 Å². The van der Waals surface area contributed by atoms with E-state index in [2.05, 4.69) is 15.1 Å². The van der Waals surface area contributed by atoms with Gasteiger partial charge in [0, 0.05) is 5.39 Å². The first-order chi connectivity index (χ1) is 9.90. The summed E-state index contributed by atoms with van der Waals surface area (Å²) in [4.78, 5) is 8.87. The number of fused-ring (bicyclic) bond motifs is 3. The number of furan rings is 1. The Morgan fingerprint density at radius 1 is 1.05 bits per heavy atom. The predicted octanol–water partition coefficient (Wildman–Crippen LogP) is 3.04. The van der Waals surface area contributed by atoms with Crippen LogP contribution in [0, 0.1) is 0 Å². The van der Waals surface area contributed by atoms with E-state index >= 15 is 0 Å². The minimum atomic E-state index is 0.625. The van der Waals surface area contributed by atoms with Gasteiger partial charge in [-0.25, -0.2) is 14.5 Å². The van der Waals surface area contributed by atoms with Crippen molar-refractivity contribution in [3.63, 3.8) is 0 Å². The highest BCUT2D eigenvalue weighted by Crippen LogP contribution is 2.16. The van der Waals surface area contributed by atoms with Gasteiger partial charge in [0.25, 0.3) is 0 Å². The molecular formula is C15H10N4O. The van der Waals surface area contributed by atoms with E-state index in [4.69, 9.17) is 4.42 Å². The Labute approximate surface area is 114 Å². The van der Waals surface area contributed by atoms with Crippen LogP contribution in [0.15, 0.2) is 53.4 Å². The molecule has 0 unspecified atom stereocenters. The van der Waals surface area contributed by atoms with Crippen LogP contribution in [0.25, 0.3) is 28.7 Å². The molecule has 3 heterocycles. The summed E-state index contributed by atoms with van der Waals surface area (Å²) in [6.45, 7) is 0. The zero-order valence-electron chi connectivity index (χ0n) is 10.5. The molecule has 0 radical (unpaired) electrons. The van der Waals surface area contributed by atoms with Crippen LogP contribution >= 0.6 is 0 Å². The molecule has 20 heavy (non-hydrogen) atoms. The normalized spacial score (nSPS) is 11.8. The summed E-state index contributed by atoms with van der Waals surface area (Å²) in [6.07, 6.45) is 6.97. The smallest absolute Gasteiger partial charge is 0.175 e. The van der Waals surface area contributed by atoms with E-state index in [-0.39, 0.29) is 0 Å². The van der Waals surface area contributed by atoms with E-state index in [1.54, 1.807) is 17.1 Å². The molecule has 1 aromatic carbocycles. The number of para-hydroxylation sites is 1. The van der Waals surface area contributed by atoms with E-state index in [1.807, 2.05) is 48.6 Å². The Kier molecular flexibility index (Phi) is 2.35. The SMILES string of the molecule is C(=C\c1ccco1)/c1nc2c3ccccc3ncn2n1. The minimum Gasteiger partial charge on any atom is -0.465 e. The second kappa shape index (κ2) is 4.31. The Bertz CT molecular complexity index is 906. The lowest BCUT2D eigenvalue weighted by molar-refractivity contribution is 0.557. The van der Waals surface area contributed by atoms with Crippen LogP contribution in [0.5, 0.6) is 0 Å². The highest BCUT2D eigenvalue weighted by molar-refractivity contribution is 5.91. The number of benzene rings is 1. The number of hydrogen-bond acceptors (Lipinski definition) is 4. The molecule has 96 valence electrons. The van der Waals surface area contributed by atoms with Gasteiger partial charge in [-0.05, 0) is 36.4 Å². The fourth-order valence-corrected chi connectivity index (χ4v) is 2.11. The van der Waals surface area contributed by atoms with Gasteiger partial charge in [0.05, 0.1) is 11.8 Å². The molecule has 0 saturated carbocycles. The summed E-state index contributed by atoms with van der Waals surface area (Å²) >= 11 is 0.